The van der Waals surface area contributed by atoms with Crippen LogP contribution in [0, 0.1) is 0 Å². The molecule has 154 valence electrons. The Bertz CT molecular complexity index is 992. The molecule has 1 amide bonds. The number of aromatic nitrogens is 1. The van der Waals surface area contributed by atoms with Crippen molar-refractivity contribution < 1.29 is 4.79 Å². The van der Waals surface area contributed by atoms with E-state index >= 15 is 0 Å². The highest BCUT2D eigenvalue weighted by molar-refractivity contribution is 7.10. The van der Waals surface area contributed by atoms with Gasteiger partial charge in [-0.2, -0.15) is 0 Å². The molecule has 1 N–H and O–H groups in total. The SMILES string of the molecule is O=C(N[C@H](CN1CCCC1)c1ccccc1)C1(c2nc(-c3ccccc3)cs2)CC1. The van der Waals surface area contributed by atoms with Crippen molar-refractivity contribution in [1.29, 1.82) is 0 Å². The van der Waals surface area contributed by atoms with E-state index in [-0.39, 0.29) is 11.9 Å². The van der Waals surface area contributed by atoms with Crippen LogP contribution in [0.2, 0.25) is 0 Å². The molecule has 30 heavy (non-hydrogen) atoms. The summed E-state index contributed by atoms with van der Waals surface area (Å²) in [5, 5.41) is 6.43. The fourth-order valence-electron chi connectivity index (χ4n) is 4.34. The monoisotopic (exact) mass is 417 g/mol. The number of hydrogen-bond donors (Lipinski definition) is 1. The van der Waals surface area contributed by atoms with Crippen molar-refractivity contribution in [2.75, 3.05) is 19.6 Å². The number of likely N-dealkylation sites (tertiary alicyclic amines) is 1. The number of rotatable bonds is 7. The van der Waals surface area contributed by atoms with E-state index in [9.17, 15) is 4.79 Å². The van der Waals surface area contributed by atoms with Crippen molar-refractivity contribution >= 4 is 17.2 Å². The molecule has 2 heterocycles. The van der Waals surface area contributed by atoms with E-state index in [1.807, 2.05) is 24.3 Å². The molecule has 2 fully saturated rings. The van der Waals surface area contributed by atoms with Crippen LogP contribution in [0.3, 0.4) is 0 Å². The first-order valence-corrected chi connectivity index (χ1v) is 11.7. The second-order valence-corrected chi connectivity index (χ2v) is 9.29. The first-order chi connectivity index (χ1) is 14.7. The molecule has 0 unspecified atom stereocenters. The van der Waals surface area contributed by atoms with Crippen molar-refractivity contribution in [2.24, 2.45) is 0 Å². The van der Waals surface area contributed by atoms with Gasteiger partial charge in [0, 0.05) is 17.5 Å². The Hall–Kier alpha value is -2.50. The van der Waals surface area contributed by atoms with Crippen LogP contribution in [0.1, 0.15) is 42.3 Å². The highest BCUT2D eigenvalue weighted by Gasteiger charge is 2.54. The molecule has 3 aromatic rings. The summed E-state index contributed by atoms with van der Waals surface area (Å²) in [4.78, 5) is 20.8. The molecule has 0 radical (unpaired) electrons. The van der Waals surface area contributed by atoms with Gasteiger partial charge >= 0.3 is 0 Å². The minimum absolute atomic E-state index is 0.0165. The fraction of sp³-hybridized carbons (Fsp3) is 0.360. The number of hydrogen-bond acceptors (Lipinski definition) is 4. The zero-order valence-corrected chi connectivity index (χ0v) is 17.9. The lowest BCUT2D eigenvalue weighted by Crippen LogP contribution is -2.41. The van der Waals surface area contributed by atoms with Gasteiger partial charge in [0.05, 0.1) is 11.7 Å². The van der Waals surface area contributed by atoms with E-state index in [0.717, 1.165) is 48.7 Å². The van der Waals surface area contributed by atoms with Crippen LogP contribution in [0.15, 0.2) is 66.0 Å². The first-order valence-electron chi connectivity index (χ1n) is 10.8. The number of nitrogens with one attached hydrogen (secondary N) is 1. The van der Waals surface area contributed by atoms with Gasteiger partial charge in [-0.15, -0.1) is 11.3 Å². The average Bonchev–Trinajstić information content (AvgIpc) is 3.20. The Kier molecular flexibility index (Phi) is 5.40. The maximum Gasteiger partial charge on any atom is 0.233 e. The van der Waals surface area contributed by atoms with Crippen LogP contribution in [-0.4, -0.2) is 35.4 Å². The van der Waals surface area contributed by atoms with Crippen molar-refractivity contribution in [3.8, 4) is 11.3 Å². The van der Waals surface area contributed by atoms with Crippen molar-refractivity contribution in [1.82, 2.24) is 15.2 Å². The number of amides is 1. The van der Waals surface area contributed by atoms with Crippen molar-refractivity contribution in [2.45, 2.75) is 37.1 Å². The predicted octanol–water partition coefficient (Wildman–Crippen LogP) is 4.80. The molecule has 1 saturated heterocycles. The van der Waals surface area contributed by atoms with Gasteiger partial charge in [-0.05, 0) is 44.3 Å². The fourth-order valence-corrected chi connectivity index (χ4v) is 5.42. The van der Waals surface area contributed by atoms with Crippen LogP contribution in [0.5, 0.6) is 0 Å². The maximum atomic E-state index is 13.5. The molecule has 1 saturated carbocycles. The zero-order valence-electron chi connectivity index (χ0n) is 17.1. The maximum absolute atomic E-state index is 13.5. The van der Waals surface area contributed by atoms with Crippen LogP contribution < -0.4 is 5.32 Å². The Morgan fingerprint density at radius 2 is 1.70 bits per heavy atom. The number of nitrogens with zero attached hydrogens (tertiary/aromatic N) is 2. The Labute approximate surface area is 182 Å². The molecule has 1 aliphatic carbocycles. The highest BCUT2D eigenvalue weighted by atomic mass is 32.1. The third-order valence-corrected chi connectivity index (χ3v) is 7.36. The summed E-state index contributed by atoms with van der Waals surface area (Å²) in [7, 11) is 0. The second kappa shape index (κ2) is 8.32. The van der Waals surface area contributed by atoms with Gasteiger partial charge in [0.1, 0.15) is 10.4 Å². The van der Waals surface area contributed by atoms with E-state index < -0.39 is 5.41 Å². The lowest BCUT2D eigenvalue weighted by atomic mass is 10.0. The van der Waals surface area contributed by atoms with E-state index in [4.69, 9.17) is 4.98 Å². The van der Waals surface area contributed by atoms with Gasteiger partial charge < -0.3 is 10.2 Å². The average molecular weight is 418 g/mol. The first kappa shape index (κ1) is 19.5. The molecule has 2 aromatic carbocycles. The summed E-state index contributed by atoms with van der Waals surface area (Å²) >= 11 is 1.62. The lowest BCUT2D eigenvalue weighted by Gasteiger charge is -2.26. The van der Waals surface area contributed by atoms with Crippen LogP contribution in [0.4, 0.5) is 0 Å². The van der Waals surface area contributed by atoms with Gasteiger partial charge in [0.2, 0.25) is 5.91 Å². The Morgan fingerprint density at radius 1 is 1.03 bits per heavy atom. The van der Waals surface area contributed by atoms with Gasteiger partial charge in [0.15, 0.2) is 0 Å². The molecule has 5 heteroatoms. The molecule has 0 bridgehead atoms. The number of thiazole rings is 1. The predicted molar refractivity (Wildman–Crippen MR) is 121 cm³/mol. The van der Waals surface area contributed by atoms with Crippen LogP contribution >= 0.6 is 11.3 Å². The normalized spacial score (nSPS) is 18.8. The summed E-state index contributed by atoms with van der Waals surface area (Å²) in [5.74, 6) is 0.129. The summed E-state index contributed by atoms with van der Waals surface area (Å²) in [6, 6.07) is 20.6. The molecule has 1 aromatic heterocycles. The molecule has 1 aliphatic heterocycles. The minimum Gasteiger partial charge on any atom is -0.347 e. The Balaban J connectivity index is 1.35. The molecule has 4 nitrogen and oxygen atoms in total. The standard InChI is InChI=1S/C25H27N3OS/c29-23(26-21(17-28-15-7-8-16-28)19-9-3-1-4-10-19)25(13-14-25)24-27-22(18-30-24)20-11-5-2-6-12-20/h1-6,9-12,18,21H,7-8,13-17H2,(H,26,29)/t21-/m1/s1. The molecule has 2 aliphatic rings. The topological polar surface area (TPSA) is 45.2 Å². The lowest BCUT2D eigenvalue weighted by molar-refractivity contribution is -0.124. The quantitative estimate of drug-likeness (QED) is 0.601. The Morgan fingerprint density at radius 3 is 2.37 bits per heavy atom. The number of carbonyl (C=O) groups is 1. The molecule has 1 atom stereocenters. The highest BCUT2D eigenvalue weighted by Crippen LogP contribution is 2.50. The molecular formula is C25H27N3OS. The van der Waals surface area contributed by atoms with E-state index in [0.29, 0.717) is 0 Å². The smallest absolute Gasteiger partial charge is 0.233 e. The third-order valence-electron chi connectivity index (χ3n) is 6.31. The second-order valence-electron chi connectivity index (χ2n) is 8.43. The number of carbonyl (C=O) groups excluding carboxylic acids is 1. The van der Waals surface area contributed by atoms with Crippen molar-refractivity contribution in [3.63, 3.8) is 0 Å². The van der Waals surface area contributed by atoms with E-state index in [1.165, 1.54) is 18.4 Å². The molecule has 0 spiro atoms. The summed E-state index contributed by atoms with van der Waals surface area (Å²) in [6.45, 7) is 3.12. The van der Waals surface area contributed by atoms with E-state index in [1.54, 1.807) is 11.3 Å². The molecular weight excluding hydrogens is 390 g/mol. The summed E-state index contributed by atoms with van der Waals surface area (Å²) in [6.07, 6.45) is 4.26. The minimum atomic E-state index is -0.449. The summed E-state index contributed by atoms with van der Waals surface area (Å²) in [5.41, 5.74) is 2.80. The van der Waals surface area contributed by atoms with Gasteiger partial charge in [-0.25, -0.2) is 4.98 Å². The van der Waals surface area contributed by atoms with Gasteiger partial charge in [-0.1, -0.05) is 60.7 Å². The van der Waals surface area contributed by atoms with Crippen molar-refractivity contribution in [3.05, 3.63) is 76.6 Å². The van der Waals surface area contributed by atoms with E-state index in [2.05, 4.69) is 52.0 Å². The number of benzene rings is 2. The van der Waals surface area contributed by atoms with Gasteiger partial charge in [-0.3, -0.25) is 4.79 Å². The van der Waals surface area contributed by atoms with Crippen LogP contribution in [-0.2, 0) is 10.2 Å². The zero-order chi connectivity index (χ0) is 20.4. The largest absolute Gasteiger partial charge is 0.347 e. The van der Waals surface area contributed by atoms with Gasteiger partial charge in [0.25, 0.3) is 0 Å². The molecule has 5 rings (SSSR count). The summed E-state index contributed by atoms with van der Waals surface area (Å²) < 4.78 is 0. The third kappa shape index (κ3) is 3.92. The van der Waals surface area contributed by atoms with Crippen LogP contribution in [0.25, 0.3) is 11.3 Å².